The van der Waals surface area contributed by atoms with E-state index in [1.165, 1.54) is 0 Å². The van der Waals surface area contributed by atoms with Crippen LogP contribution >= 0.6 is 0 Å². The molecule has 0 aliphatic carbocycles. The van der Waals surface area contributed by atoms with E-state index in [4.69, 9.17) is 0 Å². The number of nitrogens with one attached hydrogen (secondary N) is 3. The third kappa shape index (κ3) is 6.60. The van der Waals surface area contributed by atoms with Crippen molar-refractivity contribution in [3.63, 3.8) is 0 Å². The summed E-state index contributed by atoms with van der Waals surface area (Å²) in [5.74, 6) is 1.41. The highest BCUT2D eigenvalue weighted by Crippen LogP contribution is 2.21. The minimum atomic E-state index is 0.397. The average Bonchev–Trinajstić information content (AvgIpc) is 2.91. The van der Waals surface area contributed by atoms with Gasteiger partial charge in [0.1, 0.15) is 0 Å². The van der Waals surface area contributed by atoms with Crippen LogP contribution in [-0.4, -0.2) is 45.5 Å². The summed E-state index contributed by atoms with van der Waals surface area (Å²) in [6.45, 7) is 3.83. The number of anilines is 5. The van der Waals surface area contributed by atoms with Crippen molar-refractivity contribution in [2.75, 3.05) is 35.2 Å². The zero-order chi connectivity index (χ0) is 25.3. The smallest absolute Gasteiger partial charge is 0.231 e. The minimum absolute atomic E-state index is 0.397. The maximum absolute atomic E-state index is 4.58. The van der Waals surface area contributed by atoms with Gasteiger partial charge >= 0.3 is 0 Å². The molecule has 10 nitrogen and oxygen atoms in total. The highest BCUT2D eigenvalue weighted by molar-refractivity contribution is 5.99. The summed E-state index contributed by atoms with van der Waals surface area (Å²) >= 11 is 0. The number of benzene rings is 1. The molecule has 0 aliphatic rings. The highest BCUT2D eigenvalue weighted by atomic mass is 15.4. The fourth-order valence-corrected chi connectivity index (χ4v) is 3.19. The van der Waals surface area contributed by atoms with E-state index in [9.17, 15) is 0 Å². The summed E-state index contributed by atoms with van der Waals surface area (Å²) in [5, 5.41) is 12.2. The molecule has 0 amide bonds. The third-order valence-corrected chi connectivity index (χ3v) is 5.24. The van der Waals surface area contributed by atoms with E-state index in [-0.39, 0.29) is 0 Å². The summed E-state index contributed by atoms with van der Waals surface area (Å²) < 4.78 is 0. The summed E-state index contributed by atoms with van der Waals surface area (Å²) in [6.07, 6.45) is 6.92. The second-order valence-corrected chi connectivity index (χ2v) is 8.12. The topological polar surface area (TPSA) is 116 Å². The van der Waals surface area contributed by atoms with Crippen molar-refractivity contribution in [2.45, 2.75) is 13.8 Å². The van der Waals surface area contributed by atoms with Crippen LogP contribution in [0.4, 0.5) is 29.0 Å². The Morgan fingerprint density at radius 2 is 1.17 bits per heavy atom. The SMILES string of the molecule is CC(=NNc1cc(NN=C(C)c2ccncc2)nc(Nc2ccc(N(C)C)cc2)n1)c1ccncc1. The first-order valence-electron chi connectivity index (χ1n) is 11.3. The first kappa shape index (κ1) is 24.3. The van der Waals surface area contributed by atoms with Crippen molar-refractivity contribution < 1.29 is 0 Å². The van der Waals surface area contributed by atoms with Crippen LogP contribution in [0.5, 0.6) is 0 Å². The molecule has 0 atom stereocenters. The molecule has 3 N–H and O–H groups in total. The Morgan fingerprint density at radius 1 is 0.694 bits per heavy atom. The van der Waals surface area contributed by atoms with Gasteiger partial charge in [0.25, 0.3) is 0 Å². The van der Waals surface area contributed by atoms with Gasteiger partial charge in [-0.05, 0) is 62.4 Å². The van der Waals surface area contributed by atoms with Gasteiger partial charge < -0.3 is 10.2 Å². The van der Waals surface area contributed by atoms with Crippen molar-refractivity contribution in [1.29, 1.82) is 0 Å². The van der Waals surface area contributed by atoms with Crippen LogP contribution in [0.2, 0.25) is 0 Å². The van der Waals surface area contributed by atoms with Gasteiger partial charge in [0, 0.05) is 67.5 Å². The Hall–Kier alpha value is -4.86. The Kier molecular flexibility index (Phi) is 7.76. The molecular formula is C26H28N10. The molecule has 0 radical (unpaired) electrons. The molecule has 0 saturated carbocycles. The van der Waals surface area contributed by atoms with Gasteiger partial charge in [-0.25, -0.2) is 0 Å². The van der Waals surface area contributed by atoms with Crippen molar-refractivity contribution in [3.8, 4) is 0 Å². The van der Waals surface area contributed by atoms with Gasteiger partial charge in [0.2, 0.25) is 5.95 Å². The number of nitrogens with zero attached hydrogens (tertiary/aromatic N) is 7. The summed E-state index contributed by atoms with van der Waals surface area (Å²) in [4.78, 5) is 19.3. The van der Waals surface area contributed by atoms with Gasteiger partial charge in [0.05, 0.1) is 11.4 Å². The molecule has 3 aromatic heterocycles. The fraction of sp³-hybridized carbons (Fsp3) is 0.154. The van der Waals surface area contributed by atoms with Gasteiger partial charge in [-0.2, -0.15) is 20.2 Å². The zero-order valence-corrected chi connectivity index (χ0v) is 20.6. The lowest BCUT2D eigenvalue weighted by molar-refractivity contribution is 1.11. The van der Waals surface area contributed by atoms with Crippen LogP contribution in [0.25, 0.3) is 0 Å². The van der Waals surface area contributed by atoms with Crippen LogP contribution < -0.4 is 21.1 Å². The molecule has 0 unspecified atom stereocenters. The molecule has 0 bridgehead atoms. The predicted molar refractivity (Wildman–Crippen MR) is 146 cm³/mol. The van der Waals surface area contributed by atoms with Crippen LogP contribution in [0, 0.1) is 0 Å². The average molecular weight is 481 g/mol. The van der Waals surface area contributed by atoms with Crippen molar-refractivity contribution in [1.82, 2.24) is 19.9 Å². The van der Waals surface area contributed by atoms with Crippen LogP contribution in [0.1, 0.15) is 25.0 Å². The summed E-state index contributed by atoms with van der Waals surface area (Å²) in [6, 6.07) is 17.3. The summed E-state index contributed by atoms with van der Waals surface area (Å²) in [5.41, 5.74) is 11.5. The maximum Gasteiger partial charge on any atom is 0.231 e. The van der Waals surface area contributed by atoms with E-state index in [0.717, 1.165) is 33.9 Å². The maximum atomic E-state index is 4.58. The number of aromatic nitrogens is 4. The molecule has 1 aromatic carbocycles. The molecule has 4 aromatic rings. The lowest BCUT2D eigenvalue weighted by Crippen LogP contribution is -2.08. The zero-order valence-electron chi connectivity index (χ0n) is 20.6. The first-order valence-corrected chi connectivity index (χ1v) is 11.3. The van der Waals surface area contributed by atoms with Crippen LogP contribution in [0.3, 0.4) is 0 Å². The molecular weight excluding hydrogens is 452 g/mol. The van der Waals surface area contributed by atoms with Gasteiger partial charge in [-0.15, -0.1) is 0 Å². The van der Waals surface area contributed by atoms with E-state index < -0.39 is 0 Å². The number of hydrazone groups is 2. The molecule has 4 rings (SSSR count). The Bertz CT molecular complexity index is 1260. The molecule has 10 heteroatoms. The predicted octanol–water partition coefficient (Wildman–Crippen LogP) is 4.75. The number of hydrogen-bond donors (Lipinski definition) is 3. The van der Waals surface area contributed by atoms with Crippen LogP contribution in [-0.2, 0) is 0 Å². The third-order valence-electron chi connectivity index (χ3n) is 5.24. The Balaban J connectivity index is 1.59. The Morgan fingerprint density at radius 3 is 1.61 bits per heavy atom. The van der Waals surface area contributed by atoms with Gasteiger partial charge in [-0.3, -0.25) is 20.8 Å². The van der Waals surface area contributed by atoms with E-state index in [1.807, 2.05) is 81.4 Å². The lowest BCUT2D eigenvalue weighted by Gasteiger charge is -2.13. The molecule has 0 saturated heterocycles. The second kappa shape index (κ2) is 11.5. The highest BCUT2D eigenvalue weighted by Gasteiger charge is 2.07. The molecule has 3 heterocycles. The fourth-order valence-electron chi connectivity index (χ4n) is 3.19. The van der Waals surface area contributed by atoms with Crippen molar-refractivity contribution in [2.24, 2.45) is 10.2 Å². The number of hydrogen-bond acceptors (Lipinski definition) is 10. The van der Waals surface area contributed by atoms with Crippen molar-refractivity contribution in [3.05, 3.63) is 90.5 Å². The minimum Gasteiger partial charge on any atom is -0.378 e. The van der Waals surface area contributed by atoms with E-state index in [1.54, 1.807) is 30.9 Å². The monoisotopic (exact) mass is 480 g/mol. The second-order valence-electron chi connectivity index (χ2n) is 8.12. The Labute approximate surface area is 210 Å². The quantitative estimate of drug-likeness (QED) is 0.232. The largest absolute Gasteiger partial charge is 0.378 e. The molecule has 0 fully saturated rings. The van der Waals surface area contributed by atoms with E-state index >= 15 is 0 Å². The molecule has 36 heavy (non-hydrogen) atoms. The number of pyridine rings is 2. The van der Waals surface area contributed by atoms with E-state index in [2.05, 4.69) is 46.3 Å². The normalized spacial score (nSPS) is 11.7. The van der Waals surface area contributed by atoms with Crippen LogP contribution in [0.15, 0.2) is 89.6 Å². The van der Waals surface area contributed by atoms with Gasteiger partial charge in [-0.1, -0.05) is 0 Å². The van der Waals surface area contributed by atoms with E-state index in [0.29, 0.717) is 17.6 Å². The standard InChI is InChI=1S/C26H28N10/c1-18(20-9-13-27-14-10-20)32-34-24-17-25(35-33-19(2)21-11-15-28-16-12-21)31-26(30-24)29-22-5-7-23(8-6-22)36(3)4/h5-17H,1-4H3,(H3,29,30,31,34,35). The molecule has 0 aliphatic heterocycles. The number of rotatable bonds is 9. The summed E-state index contributed by atoms with van der Waals surface area (Å²) in [7, 11) is 4.00. The van der Waals surface area contributed by atoms with Gasteiger partial charge in [0.15, 0.2) is 11.6 Å². The molecule has 182 valence electrons. The lowest BCUT2D eigenvalue weighted by atomic mass is 10.2. The first-order chi connectivity index (χ1) is 17.5. The van der Waals surface area contributed by atoms with Crippen molar-refractivity contribution >= 4 is 40.4 Å². The molecule has 0 spiro atoms.